The number of hydrogen-bond donors (Lipinski definition) is 0. The lowest BCUT2D eigenvalue weighted by atomic mass is 10.3. The Morgan fingerprint density at radius 3 is 3.06 bits per heavy atom. The van der Waals surface area contributed by atoms with Gasteiger partial charge in [0.15, 0.2) is 5.82 Å². The summed E-state index contributed by atoms with van der Waals surface area (Å²) < 4.78 is 12.0. The molecule has 0 spiro atoms. The van der Waals surface area contributed by atoms with Gasteiger partial charge in [0.1, 0.15) is 6.26 Å². The summed E-state index contributed by atoms with van der Waals surface area (Å²) in [6, 6.07) is 1.78. The highest BCUT2D eigenvalue weighted by molar-refractivity contribution is 5.49. The molecule has 0 fully saturated rings. The van der Waals surface area contributed by atoms with Crippen LogP contribution in [-0.4, -0.2) is 19.7 Å². The molecule has 0 saturated carbocycles. The zero-order valence-corrected chi connectivity index (χ0v) is 9.20. The molecular weight excluding hydrogens is 220 g/mol. The Hall–Kier alpha value is -2.37. The zero-order chi connectivity index (χ0) is 11.7. The number of rotatable bonds is 3. The van der Waals surface area contributed by atoms with Crippen molar-refractivity contribution in [3.8, 4) is 11.5 Å². The Labute approximate surface area is 96.9 Å². The summed E-state index contributed by atoms with van der Waals surface area (Å²) in [5.41, 5.74) is 1.82. The smallest absolute Gasteiger partial charge is 0.261 e. The van der Waals surface area contributed by atoms with Crippen molar-refractivity contribution in [2.24, 2.45) is 7.05 Å². The van der Waals surface area contributed by atoms with Crippen molar-refractivity contribution in [1.82, 2.24) is 19.7 Å². The van der Waals surface area contributed by atoms with Gasteiger partial charge in [-0.05, 0) is 6.07 Å². The fourth-order valence-corrected chi connectivity index (χ4v) is 1.55. The SMILES string of the molecule is Cn1cncc1Cc1noc(-c2ccoc2)n1. The third-order valence-electron chi connectivity index (χ3n) is 2.49. The first kappa shape index (κ1) is 9.83. The minimum absolute atomic E-state index is 0.468. The molecule has 0 aromatic carbocycles. The molecule has 17 heavy (non-hydrogen) atoms. The van der Waals surface area contributed by atoms with Crippen molar-refractivity contribution >= 4 is 0 Å². The number of furan rings is 1. The Morgan fingerprint density at radius 1 is 1.41 bits per heavy atom. The second-order valence-electron chi connectivity index (χ2n) is 3.70. The van der Waals surface area contributed by atoms with Gasteiger partial charge in [0.25, 0.3) is 5.89 Å². The van der Waals surface area contributed by atoms with Crippen LogP contribution < -0.4 is 0 Å². The molecule has 3 rings (SSSR count). The van der Waals surface area contributed by atoms with Gasteiger partial charge in [-0.15, -0.1) is 0 Å². The maximum Gasteiger partial charge on any atom is 0.261 e. The third-order valence-corrected chi connectivity index (χ3v) is 2.49. The van der Waals surface area contributed by atoms with Crippen LogP contribution in [0.4, 0.5) is 0 Å². The fraction of sp³-hybridized carbons (Fsp3) is 0.182. The molecule has 3 heterocycles. The van der Waals surface area contributed by atoms with Crippen LogP contribution in [-0.2, 0) is 13.5 Å². The highest BCUT2D eigenvalue weighted by atomic mass is 16.5. The normalized spacial score (nSPS) is 10.9. The van der Waals surface area contributed by atoms with E-state index in [1.807, 2.05) is 11.6 Å². The van der Waals surface area contributed by atoms with E-state index in [1.54, 1.807) is 31.1 Å². The van der Waals surface area contributed by atoms with E-state index >= 15 is 0 Å². The maximum absolute atomic E-state index is 5.15. The van der Waals surface area contributed by atoms with E-state index in [-0.39, 0.29) is 0 Å². The largest absolute Gasteiger partial charge is 0.472 e. The molecule has 0 amide bonds. The second kappa shape index (κ2) is 3.89. The summed E-state index contributed by atoms with van der Waals surface area (Å²) in [6.07, 6.45) is 7.26. The average Bonchev–Trinajstić information content (AvgIpc) is 3.02. The van der Waals surface area contributed by atoms with Gasteiger partial charge in [0.2, 0.25) is 0 Å². The molecule has 86 valence electrons. The molecule has 0 aliphatic carbocycles. The first-order valence-corrected chi connectivity index (χ1v) is 5.13. The number of imidazole rings is 1. The molecule has 0 saturated heterocycles. The second-order valence-corrected chi connectivity index (χ2v) is 3.70. The minimum Gasteiger partial charge on any atom is -0.472 e. The first-order chi connectivity index (χ1) is 8.33. The highest BCUT2D eigenvalue weighted by Gasteiger charge is 2.11. The summed E-state index contributed by atoms with van der Waals surface area (Å²) in [6.45, 7) is 0. The van der Waals surface area contributed by atoms with E-state index in [4.69, 9.17) is 8.94 Å². The molecule has 6 nitrogen and oxygen atoms in total. The molecule has 0 radical (unpaired) electrons. The van der Waals surface area contributed by atoms with Crippen molar-refractivity contribution in [3.05, 3.63) is 42.6 Å². The third kappa shape index (κ3) is 1.84. The van der Waals surface area contributed by atoms with Crippen LogP contribution in [0.1, 0.15) is 11.5 Å². The average molecular weight is 230 g/mol. The predicted octanol–water partition coefficient (Wildman–Crippen LogP) is 1.65. The lowest BCUT2D eigenvalue weighted by Gasteiger charge is -1.96. The van der Waals surface area contributed by atoms with Crippen LogP contribution in [0.3, 0.4) is 0 Å². The summed E-state index contributed by atoms with van der Waals surface area (Å²) in [5, 5.41) is 3.92. The predicted molar refractivity (Wildman–Crippen MR) is 58.0 cm³/mol. The standard InChI is InChI=1S/C11H10N4O2/c1-15-7-12-5-9(15)4-10-13-11(17-14-10)8-2-3-16-6-8/h2-3,5-7H,4H2,1H3. The monoisotopic (exact) mass is 230 g/mol. The fourth-order valence-electron chi connectivity index (χ4n) is 1.55. The van der Waals surface area contributed by atoms with Crippen LogP contribution in [0, 0.1) is 0 Å². The van der Waals surface area contributed by atoms with Crippen LogP contribution in [0.25, 0.3) is 11.5 Å². The Bertz CT molecular complexity index is 609. The summed E-state index contributed by atoms with van der Waals surface area (Å²) >= 11 is 0. The van der Waals surface area contributed by atoms with Crippen LogP contribution in [0.2, 0.25) is 0 Å². The van der Waals surface area contributed by atoms with Crippen LogP contribution in [0.15, 0.2) is 40.1 Å². The lowest BCUT2D eigenvalue weighted by Crippen LogP contribution is -1.97. The van der Waals surface area contributed by atoms with Crippen molar-refractivity contribution in [1.29, 1.82) is 0 Å². The first-order valence-electron chi connectivity index (χ1n) is 5.13. The molecule has 0 atom stereocenters. The van der Waals surface area contributed by atoms with Gasteiger partial charge in [-0.2, -0.15) is 4.98 Å². The molecule has 0 bridgehead atoms. The topological polar surface area (TPSA) is 69.9 Å². The molecule has 3 aromatic rings. The zero-order valence-electron chi connectivity index (χ0n) is 9.20. The summed E-state index contributed by atoms with van der Waals surface area (Å²) in [7, 11) is 1.93. The van der Waals surface area contributed by atoms with Crippen molar-refractivity contribution in [2.75, 3.05) is 0 Å². The van der Waals surface area contributed by atoms with Gasteiger partial charge in [0, 0.05) is 18.9 Å². The van der Waals surface area contributed by atoms with Gasteiger partial charge >= 0.3 is 0 Å². The molecule has 0 aliphatic rings. The number of nitrogens with zero attached hydrogens (tertiary/aromatic N) is 4. The molecule has 0 aliphatic heterocycles. The molecule has 6 heteroatoms. The quantitative estimate of drug-likeness (QED) is 0.684. The molecule has 0 unspecified atom stereocenters. The van der Waals surface area contributed by atoms with E-state index in [0.717, 1.165) is 11.3 Å². The van der Waals surface area contributed by atoms with Gasteiger partial charge in [-0.25, -0.2) is 4.98 Å². The highest BCUT2D eigenvalue weighted by Crippen LogP contribution is 2.17. The van der Waals surface area contributed by atoms with E-state index < -0.39 is 0 Å². The van der Waals surface area contributed by atoms with Crippen molar-refractivity contribution < 1.29 is 8.94 Å². The Morgan fingerprint density at radius 2 is 2.35 bits per heavy atom. The van der Waals surface area contributed by atoms with Crippen LogP contribution >= 0.6 is 0 Å². The van der Waals surface area contributed by atoms with Gasteiger partial charge < -0.3 is 13.5 Å². The van der Waals surface area contributed by atoms with Crippen LogP contribution in [0.5, 0.6) is 0 Å². The lowest BCUT2D eigenvalue weighted by molar-refractivity contribution is 0.423. The van der Waals surface area contributed by atoms with Crippen molar-refractivity contribution in [3.63, 3.8) is 0 Å². The van der Waals surface area contributed by atoms with E-state index in [1.165, 1.54) is 0 Å². The molecule has 3 aromatic heterocycles. The summed E-state index contributed by atoms with van der Waals surface area (Å²) in [4.78, 5) is 8.33. The Kier molecular flexibility index (Phi) is 2.25. The minimum atomic E-state index is 0.468. The number of aryl methyl sites for hydroxylation is 1. The van der Waals surface area contributed by atoms with Gasteiger partial charge in [0.05, 0.1) is 24.6 Å². The van der Waals surface area contributed by atoms with Gasteiger partial charge in [-0.1, -0.05) is 5.16 Å². The number of aromatic nitrogens is 4. The summed E-state index contributed by atoms with van der Waals surface area (Å²) in [5.74, 6) is 1.10. The Balaban J connectivity index is 1.84. The molecular formula is C11H10N4O2. The number of hydrogen-bond acceptors (Lipinski definition) is 5. The maximum atomic E-state index is 5.15. The molecule has 0 N–H and O–H groups in total. The van der Waals surface area contributed by atoms with Crippen molar-refractivity contribution in [2.45, 2.75) is 6.42 Å². The van der Waals surface area contributed by atoms with E-state index in [0.29, 0.717) is 18.1 Å². The van der Waals surface area contributed by atoms with Gasteiger partial charge in [-0.3, -0.25) is 0 Å². The van der Waals surface area contributed by atoms with E-state index in [9.17, 15) is 0 Å². The van der Waals surface area contributed by atoms with E-state index in [2.05, 4.69) is 15.1 Å².